The number of anilines is 1. The van der Waals surface area contributed by atoms with Gasteiger partial charge in [-0.1, -0.05) is 19.1 Å². The number of carbonyl (C=O) groups is 4. The van der Waals surface area contributed by atoms with Gasteiger partial charge in [-0.05, 0) is 32.4 Å². The molecule has 0 bridgehead atoms. The molecule has 0 radical (unpaired) electrons. The maximum absolute atomic E-state index is 13.2. The Morgan fingerprint density at radius 3 is 2.64 bits per heavy atom. The van der Waals surface area contributed by atoms with E-state index in [-0.39, 0.29) is 30.7 Å². The standard InChI is InChI=1S/C20H25N3O5/c1-4-11-21-16(24)12-28-19(27)20-10-9-17(25)23(20)15-8-6-5-7-14(15)18(26)22(20)13(2)3/h5-8,13H,4,9-12H2,1-3H3,(H,21,24)/t20-/m1/s1. The van der Waals surface area contributed by atoms with E-state index in [1.54, 1.807) is 38.1 Å². The van der Waals surface area contributed by atoms with Gasteiger partial charge in [0.25, 0.3) is 11.8 Å². The third-order valence-corrected chi connectivity index (χ3v) is 5.05. The molecule has 0 saturated carbocycles. The quantitative estimate of drug-likeness (QED) is 0.745. The van der Waals surface area contributed by atoms with Crippen LogP contribution in [0, 0.1) is 0 Å². The molecule has 0 unspecified atom stereocenters. The summed E-state index contributed by atoms with van der Waals surface area (Å²) < 4.78 is 5.30. The van der Waals surface area contributed by atoms with Gasteiger partial charge in [-0.2, -0.15) is 0 Å². The normalized spacial score (nSPS) is 20.9. The SMILES string of the molecule is CCCNC(=O)COC(=O)[C@@]12CCC(=O)N1c1ccccc1C(=O)N2C(C)C. The van der Waals surface area contributed by atoms with Crippen molar-refractivity contribution < 1.29 is 23.9 Å². The van der Waals surface area contributed by atoms with Crippen LogP contribution in [-0.4, -0.2) is 53.4 Å². The summed E-state index contributed by atoms with van der Waals surface area (Å²) in [4.78, 5) is 53.8. The molecule has 1 aromatic carbocycles. The van der Waals surface area contributed by atoms with Crippen molar-refractivity contribution in [1.82, 2.24) is 10.2 Å². The van der Waals surface area contributed by atoms with Gasteiger partial charge in [0, 0.05) is 25.4 Å². The molecule has 8 nitrogen and oxygen atoms in total. The number of para-hydroxylation sites is 1. The number of nitrogens with one attached hydrogen (secondary N) is 1. The first-order valence-corrected chi connectivity index (χ1v) is 9.54. The highest BCUT2D eigenvalue weighted by Crippen LogP contribution is 2.45. The van der Waals surface area contributed by atoms with Crippen molar-refractivity contribution in [3.05, 3.63) is 29.8 Å². The van der Waals surface area contributed by atoms with Gasteiger partial charge in [0.2, 0.25) is 11.6 Å². The zero-order valence-electron chi connectivity index (χ0n) is 16.4. The lowest BCUT2D eigenvalue weighted by Gasteiger charge is -2.50. The van der Waals surface area contributed by atoms with E-state index in [0.717, 1.165) is 6.42 Å². The second kappa shape index (κ2) is 7.61. The summed E-state index contributed by atoms with van der Waals surface area (Å²) in [5.74, 6) is -1.76. The van der Waals surface area contributed by atoms with Crippen LogP contribution in [0.3, 0.4) is 0 Å². The van der Waals surface area contributed by atoms with Crippen LogP contribution >= 0.6 is 0 Å². The molecule has 0 aliphatic carbocycles. The molecule has 2 heterocycles. The monoisotopic (exact) mass is 387 g/mol. The molecular formula is C20H25N3O5. The summed E-state index contributed by atoms with van der Waals surface area (Å²) in [5, 5.41) is 2.64. The minimum Gasteiger partial charge on any atom is -0.452 e. The minimum atomic E-state index is -1.57. The van der Waals surface area contributed by atoms with Gasteiger partial charge in [0.05, 0.1) is 11.3 Å². The maximum atomic E-state index is 13.2. The highest BCUT2D eigenvalue weighted by atomic mass is 16.5. The molecule has 1 saturated heterocycles. The van der Waals surface area contributed by atoms with E-state index in [1.807, 2.05) is 6.92 Å². The number of fused-ring (bicyclic) bond motifs is 3. The van der Waals surface area contributed by atoms with Crippen molar-refractivity contribution in [3.63, 3.8) is 0 Å². The fourth-order valence-corrected chi connectivity index (χ4v) is 3.94. The summed E-state index contributed by atoms with van der Waals surface area (Å²) >= 11 is 0. The van der Waals surface area contributed by atoms with Crippen LogP contribution in [0.4, 0.5) is 5.69 Å². The van der Waals surface area contributed by atoms with Crippen molar-refractivity contribution in [3.8, 4) is 0 Å². The van der Waals surface area contributed by atoms with Gasteiger partial charge in [0.15, 0.2) is 6.61 Å². The Balaban J connectivity index is 2.00. The van der Waals surface area contributed by atoms with Crippen LogP contribution in [0.2, 0.25) is 0 Å². The minimum absolute atomic E-state index is 0.113. The predicted octanol–water partition coefficient (Wildman–Crippen LogP) is 1.44. The smallest absolute Gasteiger partial charge is 0.354 e. The van der Waals surface area contributed by atoms with Gasteiger partial charge in [-0.25, -0.2) is 4.79 Å². The third-order valence-electron chi connectivity index (χ3n) is 5.05. The predicted molar refractivity (Wildman–Crippen MR) is 101 cm³/mol. The van der Waals surface area contributed by atoms with E-state index < -0.39 is 24.1 Å². The lowest BCUT2D eigenvalue weighted by Crippen LogP contribution is -2.70. The lowest BCUT2D eigenvalue weighted by molar-refractivity contribution is -0.161. The molecule has 3 amide bonds. The second-order valence-corrected chi connectivity index (χ2v) is 7.26. The van der Waals surface area contributed by atoms with Gasteiger partial charge in [-0.15, -0.1) is 0 Å². The van der Waals surface area contributed by atoms with Crippen LogP contribution in [0.25, 0.3) is 0 Å². The van der Waals surface area contributed by atoms with Crippen molar-refractivity contribution in [1.29, 1.82) is 0 Å². The summed E-state index contributed by atoms with van der Waals surface area (Å²) in [6.07, 6.45) is 1.000. The lowest BCUT2D eigenvalue weighted by atomic mass is 9.95. The van der Waals surface area contributed by atoms with E-state index >= 15 is 0 Å². The summed E-state index contributed by atoms with van der Waals surface area (Å²) in [6.45, 7) is 5.52. The Bertz CT molecular complexity index is 822. The number of hydrogen-bond donors (Lipinski definition) is 1. The number of amides is 3. The molecule has 3 rings (SSSR count). The first-order chi connectivity index (χ1) is 13.3. The Kier molecular flexibility index (Phi) is 5.40. The number of carbonyl (C=O) groups excluding carboxylic acids is 4. The molecular weight excluding hydrogens is 362 g/mol. The summed E-state index contributed by atoms with van der Waals surface area (Å²) in [7, 11) is 0. The molecule has 1 atom stereocenters. The molecule has 1 N–H and O–H groups in total. The highest BCUT2D eigenvalue weighted by molar-refractivity contribution is 6.15. The number of nitrogens with zero attached hydrogens (tertiary/aromatic N) is 2. The van der Waals surface area contributed by atoms with E-state index in [0.29, 0.717) is 17.8 Å². The molecule has 1 fully saturated rings. The largest absolute Gasteiger partial charge is 0.452 e. The zero-order chi connectivity index (χ0) is 20.5. The molecule has 8 heteroatoms. The molecule has 1 aromatic rings. The van der Waals surface area contributed by atoms with Crippen LogP contribution in [0.5, 0.6) is 0 Å². The van der Waals surface area contributed by atoms with Crippen LogP contribution in [-0.2, 0) is 19.1 Å². The Hall–Kier alpha value is -2.90. The van der Waals surface area contributed by atoms with Crippen LogP contribution in [0.15, 0.2) is 24.3 Å². The number of benzene rings is 1. The Morgan fingerprint density at radius 1 is 1.25 bits per heavy atom. The van der Waals surface area contributed by atoms with Gasteiger partial charge < -0.3 is 15.0 Å². The van der Waals surface area contributed by atoms with Gasteiger partial charge in [0.1, 0.15) is 0 Å². The fourth-order valence-electron chi connectivity index (χ4n) is 3.94. The van der Waals surface area contributed by atoms with Crippen molar-refractivity contribution in [2.75, 3.05) is 18.1 Å². The van der Waals surface area contributed by atoms with Crippen molar-refractivity contribution >= 4 is 29.4 Å². The summed E-state index contributed by atoms with van der Waals surface area (Å²) in [6, 6.07) is 6.39. The van der Waals surface area contributed by atoms with Gasteiger partial charge in [-0.3, -0.25) is 19.3 Å². The van der Waals surface area contributed by atoms with E-state index in [9.17, 15) is 19.2 Å². The van der Waals surface area contributed by atoms with Gasteiger partial charge >= 0.3 is 5.97 Å². The van der Waals surface area contributed by atoms with E-state index in [2.05, 4.69) is 5.32 Å². The Morgan fingerprint density at radius 2 is 1.96 bits per heavy atom. The number of ether oxygens (including phenoxy) is 1. The molecule has 0 aromatic heterocycles. The van der Waals surface area contributed by atoms with Crippen LogP contribution in [0.1, 0.15) is 50.4 Å². The molecule has 28 heavy (non-hydrogen) atoms. The number of rotatable bonds is 6. The third kappa shape index (κ3) is 3.02. The van der Waals surface area contributed by atoms with E-state index in [4.69, 9.17) is 4.74 Å². The molecule has 150 valence electrons. The summed E-state index contributed by atoms with van der Waals surface area (Å²) in [5.41, 5.74) is -0.795. The molecule has 2 aliphatic heterocycles. The average molecular weight is 387 g/mol. The van der Waals surface area contributed by atoms with Crippen molar-refractivity contribution in [2.24, 2.45) is 0 Å². The Labute approximate surface area is 163 Å². The average Bonchev–Trinajstić information content (AvgIpc) is 3.02. The fraction of sp³-hybridized carbons (Fsp3) is 0.500. The zero-order valence-corrected chi connectivity index (χ0v) is 16.4. The topological polar surface area (TPSA) is 96.0 Å². The van der Waals surface area contributed by atoms with Crippen LogP contribution < -0.4 is 10.2 Å². The highest BCUT2D eigenvalue weighted by Gasteiger charge is 2.62. The van der Waals surface area contributed by atoms with Crippen molar-refractivity contribution in [2.45, 2.75) is 51.7 Å². The first-order valence-electron chi connectivity index (χ1n) is 9.54. The second-order valence-electron chi connectivity index (χ2n) is 7.26. The molecule has 0 spiro atoms. The number of hydrogen-bond acceptors (Lipinski definition) is 5. The van der Waals surface area contributed by atoms with E-state index in [1.165, 1.54) is 9.80 Å². The number of esters is 1. The first kappa shape index (κ1) is 19.9. The molecule has 2 aliphatic rings. The maximum Gasteiger partial charge on any atom is 0.354 e.